The fourth-order valence-electron chi connectivity index (χ4n) is 2.54. The first-order valence-corrected chi connectivity index (χ1v) is 7.02. The van der Waals surface area contributed by atoms with Gasteiger partial charge >= 0.3 is 0 Å². The number of amides is 2. The second-order valence-electron chi connectivity index (χ2n) is 5.16. The Bertz CT molecular complexity index is 649. The average molecular weight is 283 g/mol. The third kappa shape index (κ3) is 2.97. The molecule has 1 aliphatic rings. The molecular weight excluding hydrogens is 266 g/mol. The quantitative estimate of drug-likeness (QED) is 0.789. The van der Waals surface area contributed by atoms with E-state index in [0.717, 1.165) is 11.1 Å². The summed E-state index contributed by atoms with van der Waals surface area (Å²) in [5.74, 6) is -0.312. The van der Waals surface area contributed by atoms with Crippen LogP contribution in [0.2, 0.25) is 0 Å². The van der Waals surface area contributed by atoms with Crippen LogP contribution in [-0.4, -0.2) is 29.4 Å². The van der Waals surface area contributed by atoms with E-state index < -0.39 is 6.04 Å². The predicted molar refractivity (Wildman–Crippen MR) is 78.9 cm³/mol. The van der Waals surface area contributed by atoms with Gasteiger partial charge in [-0.2, -0.15) is 0 Å². The lowest BCUT2D eigenvalue weighted by atomic mass is 10.0. The number of rotatable bonds is 4. The average Bonchev–Trinajstić information content (AvgIpc) is 3.10. The number of benzene rings is 1. The van der Waals surface area contributed by atoms with E-state index in [-0.39, 0.29) is 11.8 Å². The summed E-state index contributed by atoms with van der Waals surface area (Å²) in [6.07, 6.45) is 4.84. The Hall–Kier alpha value is -2.56. The molecule has 21 heavy (non-hydrogen) atoms. The number of carbonyl (C=O) groups is 2. The summed E-state index contributed by atoms with van der Waals surface area (Å²) in [4.78, 5) is 26.8. The number of H-pyrrole nitrogens is 1. The molecule has 5 heteroatoms. The van der Waals surface area contributed by atoms with E-state index in [2.05, 4.69) is 15.6 Å². The van der Waals surface area contributed by atoms with Crippen LogP contribution in [0.4, 0.5) is 0 Å². The standard InChI is InChI=1S/C16H17N3O2/c20-15(19-14-6-7-18-16(14)21)13-10-17-9-12(13)8-11-4-2-1-3-5-11/h1-5,9-10,14,17H,6-8H2,(H,18,21)(H,19,20)/t14-/m0/s1. The SMILES string of the molecule is O=C(N[C@H]1CCNC1=O)c1c[nH]cc1Cc1ccccc1. The van der Waals surface area contributed by atoms with E-state index in [1.165, 1.54) is 0 Å². The van der Waals surface area contributed by atoms with E-state index in [9.17, 15) is 9.59 Å². The Morgan fingerprint density at radius 3 is 2.76 bits per heavy atom. The molecule has 5 nitrogen and oxygen atoms in total. The maximum Gasteiger partial charge on any atom is 0.253 e. The second-order valence-corrected chi connectivity index (χ2v) is 5.16. The molecule has 3 rings (SSSR count). The minimum absolute atomic E-state index is 0.108. The minimum atomic E-state index is -0.419. The lowest BCUT2D eigenvalue weighted by Gasteiger charge is -2.10. The van der Waals surface area contributed by atoms with Gasteiger partial charge in [-0.25, -0.2) is 0 Å². The van der Waals surface area contributed by atoms with Gasteiger partial charge in [-0.15, -0.1) is 0 Å². The molecule has 0 bridgehead atoms. The largest absolute Gasteiger partial charge is 0.367 e. The van der Waals surface area contributed by atoms with Crippen molar-refractivity contribution in [1.29, 1.82) is 0 Å². The Labute approximate surface area is 122 Å². The summed E-state index contributed by atoms with van der Waals surface area (Å²) in [6, 6.07) is 9.55. The van der Waals surface area contributed by atoms with Crippen molar-refractivity contribution in [3.05, 3.63) is 59.4 Å². The molecule has 0 unspecified atom stereocenters. The van der Waals surface area contributed by atoms with Crippen LogP contribution in [-0.2, 0) is 11.2 Å². The van der Waals surface area contributed by atoms with Crippen LogP contribution in [0.5, 0.6) is 0 Å². The highest BCUT2D eigenvalue weighted by Crippen LogP contribution is 2.14. The Balaban J connectivity index is 1.72. The second kappa shape index (κ2) is 5.83. The molecule has 1 atom stereocenters. The van der Waals surface area contributed by atoms with Crippen LogP contribution in [0.1, 0.15) is 27.9 Å². The highest BCUT2D eigenvalue weighted by molar-refractivity contribution is 5.99. The Morgan fingerprint density at radius 2 is 2.05 bits per heavy atom. The van der Waals surface area contributed by atoms with Crippen LogP contribution in [0, 0.1) is 0 Å². The molecule has 0 saturated carbocycles. The molecule has 2 aromatic rings. The summed E-state index contributed by atoms with van der Waals surface area (Å²) in [5, 5.41) is 5.50. The summed E-state index contributed by atoms with van der Waals surface area (Å²) < 4.78 is 0. The Kier molecular flexibility index (Phi) is 3.73. The molecule has 108 valence electrons. The van der Waals surface area contributed by atoms with Gasteiger partial charge in [0.25, 0.3) is 5.91 Å². The molecule has 3 N–H and O–H groups in total. The van der Waals surface area contributed by atoms with E-state index >= 15 is 0 Å². The lowest BCUT2D eigenvalue weighted by molar-refractivity contribution is -0.120. The molecule has 2 amide bonds. The van der Waals surface area contributed by atoms with Crippen LogP contribution in [0.25, 0.3) is 0 Å². The molecule has 2 heterocycles. The van der Waals surface area contributed by atoms with Crippen LogP contribution >= 0.6 is 0 Å². The van der Waals surface area contributed by atoms with Gasteiger partial charge in [-0.1, -0.05) is 30.3 Å². The zero-order valence-corrected chi connectivity index (χ0v) is 11.6. The van der Waals surface area contributed by atoms with Crippen molar-refractivity contribution >= 4 is 11.8 Å². The third-order valence-electron chi connectivity index (χ3n) is 3.67. The van der Waals surface area contributed by atoms with Crippen LogP contribution in [0.3, 0.4) is 0 Å². The van der Waals surface area contributed by atoms with Crippen molar-refractivity contribution in [3.8, 4) is 0 Å². The molecule has 0 spiro atoms. The zero-order chi connectivity index (χ0) is 14.7. The van der Waals surface area contributed by atoms with Crippen molar-refractivity contribution in [2.75, 3.05) is 6.54 Å². The van der Waals surface area contributed by atoms with Crippen molar-refractivity contribution in [2.24, 2.45) is 0 Å². The zero-order valence-electron chi connectivity index (χ0n) is 11.6. The third-order valence-corrected chi connectivity index (χ3v) is 3.67. The number of nitrogens with one attached hydrogen (secondary N) is 3. The molecule has 1 saturated heterocycles. The topological polar surface area (TPSA) is 74.0 Å². The molecule has 1 aromatic heterocycles. The molecule has 1 fully saturated rings. The molecule has 1 aromatic carbocycles. The van der Waals surface area contributed by atoms with Gasteiger partial charge in [-0.05, 0) is 24.0 Å². The fraction of sp³-hybridized carbons (Fsp3) is 0.250. The van der Waals surface area contributed by atoms with Gasteiger partial charge in [0.2, 0.25) is 5.91 Å². The predicted octanol–water partition coefficient (Wildman–Crippen LogP) is 1.22. The van der Waals surface area contributed by atoms with E-state index in [1.54, 1.807) is 6.20 Å². The molecular formula is C16H17N3O2. The highest BCUT2D eigenvalue weighted by atomic mass is 16.2. The normalized spacial score (nSPS) is 17.5. The summed E-state index contributed by atoms with van der Waals surface area (Å²) in [6.45, 7) is 0.619. The lowest BCUT2D eigenvalue weighted by Crippen LogP contribution is -2.40. The number of carbonyl (C=O) groups excluding carboxylic acids is 2. The monoisotopic (exact) mass is 283 g/mol. The number of hydrogen-bond donors (Lipinski definition) is 3. The Morgan fingerprint density at radius 1 is 1.24 bits per heavy atom. The van der Waals surface area contributed by atoms with Gasteiger partial charge in [0.1, 0.15) is 6.04 Å². The molecule has 0 radical (unpaired) electrons. The maximum atomic E-state index is 12.3. The van der Waals surface area contributed by atoms with Crippen molar-refractivity contribution in [1.82, 2.24) is 15.6 Å². The minimum Gasteiger partial charge on any atom is -0.367 e. The van der Waals surface area contributed by atoms with Crippen LogP contribution < -0.4 is 10.6 Å². The van der Waals surface area contributed by atoms with E-state index in [4.69, 9.17) is 0 Å². The van der Waals surface area contributed by atoms with Crippen molar-refractivity contribution in [2.45, 2.75) is 18.9 Å². The van der Waals surface area contributed by atoms with Gasteiger partial charge < -0.3 is 15.6 Å². The van der Waals surface area contributed by atoms with Gasteiger partial charge in [0.15, 0.2) is 0 Å². The summed E-state index contributed by atoms with van der Waals surface area (Å²) in [7, 11) is 0. The molecule has 0 aliphatic carbocycles. The van der Waals surface area contributed by atoms with Gasteiger partial charge in [0, 0.05) is 18.9 Å². The van der Waals surface area contributed by atoms with E-state index in [0.29, 0.717) is 24.9 Å². The maximum absolute atomic E-state index is 12.3. The van der Waals surface area contributed by atoms with Crippen molar-refractivity contribution in [3.63, 3.8) is 0 Å². The van der Waals surface area contributed by atoms with Crippen molar-refractivity contribution < 1.29 is 9.59 Å². The fourth-order valence-corrected chi connectivity index (χ4v) is 2.54. The first-order valence-electron chi connectivity index (χ1n) is 7.02. The van der Waals surface area contributed by atoms with E-state index in [1.807, 2.05) is 36.5 Å². The van der Waals surface area contributed by atoms with Gasteiger partial charge in [0.05, 0.1) is 5.56 Å². The first-order chi connectivity index (χ1) is 10.2. The van der Waals surface area contributed by atoms with Gasteiger partial charge in [-0.3, -0.25) is 9.59 Å². The number of hydrogen-bond acceptors (Lipinski definition) is 2. The van der Waals surface area contributed by atoms with Crippen LogP contribution in [0.15, 0.2) is 42.7 Å². The number of aromatic nitrogens is 1. The first kappa shape index (κ1) is 13.4. The highest BCUT2D eigenvalue weighted by Gasteiger charge is 2.26. The summed E-state index contributed by atoms with van der Waals surface area (Å²) >= 11 is 0. The summed E-state index contributed by atoms with van der Waals surface area (Å²) in [5.41, 5.74) is 2.67. The molecule has 1 aliphatic heterocycles. The smallest absolute Gasteiger partial charge is 0.253 e. The number of aromatic amines is 1.